The van der Waals surface area contributed by atoms with Crippen LogP contribution in [0.15, 0.2) is 6.33 Å². The van der Waals surface area contributed by atoms with Gasteiger partial charge in [0.15, 0.2) is 0 Å². The summed E-state index contributed by atoms with van der Waals surface area (Å²) in [6, 6.07) is 0. The van der Waals surface area contributed by atoms with Crippen molar-refractivity contribution in [2.75, 3.05) is 6.54 Å². The van der Waals surface area contributed by atoms with Crippen LogP contribution in [-0.4, -0.2) is 16.1 Å². The number of unbranched alkanes of at least 4 members (excludes halogenated alkanes) is 1. The van der Waals surface area contributed by atoms with Crippen LogP contribution >= 0.6 is 0 Å². The summed E-state index contributed by atoms with van der Waals surface area (Å²) in [5, 5.41) is 3.36. The van der Waals surface area contributed by atoms with E-state index in [4.69, 9.17) is 0 Å². The maximum Gasteiger partial charge on any atom is 0.0952 e. The largest absolute Gasteiger partial charge is 0.334 e. The zero-order valence-electron chi connectivity index (χ0n) is 10.5. The highest BCUT2D eigenvalue weighted by molar-refractivity contribution is 5.16. The van der Waals surface area contributed by atoms with Crippen LogP contribution in [-0.2, 0) is 19.5 Å². The van der Waals surface area contributed by atoms with E-state index in [1.165, 1.54) is 30.7 Å². The SMILES string of the molecule is CC(C)CCCCn1cnc2c1CCNC2. The Morgan fingerprint density at radius 3 is 3.12 bits per heavy atom. The zero-order chi connectivity index (χ0) is 11.4. The minimum absolute atomic E-state index is 0.834. The van der Waals surface area contributed by atoms with Crippen molar-refractivity contribution in [2.24, 2.45) is 5.92 Å². The first-order valence-electron chi connectivity index (χ1n) is 6.51. The van der Waals surface area contributed by atoms with Gasteiger partial charge in [0.2, 0.25) is 0 Å². The molecule has 1 aromatic heterocycles. The number of aromatic nitrogens is 2. The van der Waals surface area contributed by atoms with Crippen LogP contribution in [0.25, 0.3) is 0 Å². The molecule has 0 saturated heterocycles. The van der Waals surface area contributed by atoms with Crippen molar-refractivity contribution in [1.29, 1.82) is 0 Å². The second-order valence-corrected chi connectivity index (χ2v) is 5.15. The fraction of sp³-hybridized carbons (Fsp3) is 0.769. The minimum Gasteiger partial charge on any atom is -0.334 e. The first-order chi connectivity index (χ1) is 7.77. The first kappa shape index (κ1) is 11.6. The Labute approximate surface area is 98.3 Å². The van der Waals surface area contributed by atoms with Crippen LogP contribution in [0.1, 0.15) is 44.5 Å². The monoisotopic (exact) mass is 221 g/mol. The van der Waals surface area contributed by atoms with Crippen LogP contribution in [0.4, 0.5) is 0 Å². The van der Waals surface area contributed by atoms with Crippen molar-refractivity contribution in [3.63, 3.8) is 0 Å². The van der Waals surface area contributed by atoms with Gasteiger partial charge in [-0.05, 0) is 12.3 Å². The van der Waals surface area contributed by atoms with Crippen LogP contribution in [0.2, 0.25) is 0 Å². The summed E-state index contributed by atoms with van der Waals surface area (Å²) in [6.07, 6.45) is 7.13. The van der Waals surface area contributed by atoms with Crippen molar-refractivity contribution in [1.82, 2.24) is 14.9 Å². The predicted molar refractivity (Wildman–Crippen MR) is 66.3 cm³/mol. The van der Waals surface area contributed by atoms with E-state index in [1.807, 2.05) is 6.33 Å². The fourth-order valence-corrected chi connectivity index (χ4v) is 2.33. The summed E-state index contributed by atoms with van der Waals surface area (Å²) in [7, 11) is 0. The average Bonchev–Trinajstić information content (AvgIpc) is 2.68. The van der Waals surface area contributed by atoms with E-state index in [2.05, 4.69) is 28.7 Å². The molecule has 0 saturated carbocycles. The molecule has 16 heavy (non-hydrogen) atoms. The summed E-state index contributed by atoms with van der Waals surface area (Å²) in [6.45, 7) is 7.80. The quantitative estimate of drug-likeness (QED) is 0.774. The summed E-state index contributed by atoms with van der Waals surface area (Å²) < 4.78 is 2.36. The number of imidazole rings is 1. The van der Waals surface area contributed by atoms with E-state index < -0.39 is 0 Å². The van der Waals surface area contributed by atoms with Crippen molar-refractivity contribution < 1.29 is 0 Å². The Bertz CT molecular complexity index is 328. The summed E-state index contributed by atoms with van der Waals surface area (Å²) >= 11 is 0. The summed E-state index contributed by atoms with van der Waals surface area (Å²) in [5.41, 5.74) is 2.72. The second kappa shape index (κ2) is 5.48. The molecule has 0 spiro atoms. The van der Waals surface area contributed by atoms with Crippen LogP contribution in [0.3, 0.4) is 0 Å². The lowest BCUT2D eigenvalue weighted by Gasteiger charge is -2.15. The lowest BCUT2D eigenvalue weighted by molar-refractivity contribution is 0.499. The smallest absolute Gasteiger partial charge is 0.0952 e. The molecule has 0 fully saturated rings. The van der Waals surface area contributed by atoms with E-state index in [-0.39, 0.29) is 0 Å². The molecule has 0 aromatic carbocycles. The van der Waals surface area contributed by atoms with Crippen LogP contribution in [0.5, 0.6) is 0 Å². The fourth-order valence-electron chi connectivity index (χ4n) is 2.33. The second-order valence-electron chi connectivity index (χ2n) is 5.15. The molecule has 3 heteroatoms. The van der Waals surface area contributed by atoms with Crippen molar-refractivity contribution >= 4 is 0 Å². The van der Waals surface area contributed by atoms with Gasteiger partial charge in [-0.2, -0.15) is 0 Å². The van der Waals surface area contributed by atoms with Gasteiger partial charge in [-0.25, -0.2) is 4.98 Å². The van der Waals surface area contributed by atoms with E-state index in [1.54, 1.807) is 0 Å². The van der Waals surface area contributed by atoms with Gasteiger partial charge >= 0.3 is 0 Å². The number of nitrogens with zero attached hydrogens (tertiary/aromatic N) is 2. The highest BCUT2D eigenvalue weighted by atomic mass is 15.1. The standard InChI is InChI=1S/C13H23N3/c1-11(2)5-3-4-8-16-10-15-12-9-14-7-6-13(12)16/h10-11,14H,3-9H2,1-2H3. The average molecular weight is 221 g/mol. The predicted octanol–water partition coefficient (Wildman–Crippen LogP) is 2.36. The van der Waals surface area contributed by atoms with Crippen molar-refractivity contribution in [3.8, 4) is 0 Å². The topological polar surface area (TPSA) is 29.9 Å². The maximum atomic E-state index is 4.47. The molecule has 2 rings (SSSR count). The van der Waals surface area contributed by atoms with Crippen molar-refractivity contribution in [2.45, 2.75) is 52.6 Å². The zero-order valence-corrected chi connectivity index (χ0v) is 10.5. The molecule has 2 heterocycles. The molecule has 0 unspecified atom stereocenters. The molecule has 1 aliphatic rings. The number of rotatable bonds is 5. The third-order valence-corrected chi connectivity index (χ3v) is 3.29. The van der Waals surface area contributed by atoms with Crippen LogP contribution < -0.4 is 5.32 Å². The number of hydrogen-bond acceptors (Lipinski definition) is 2. The Balaban J connectivity index is 1.83. The van der Waals surface area contributed by atoms with E-state index >= 15 is 0 Å². The molecule has 0 bridgehead atoms. The van der Waals surface area contributed by atoms with Gasteiger partial charge in [0, 0.05) is 31.7 Å². The summed E-state index contributed by atoms with van der Waals surface area (Å²) in [4.78, 5) is 4.47. The Kier molecular flexibility index (Phi) is 3.99. The van der Waals surface area contributed by atoms with Gasteiger partial charge in [-0.3, -0.25) is 0 Å². The molecule has 0 atom stereocenters. The number of fused-ring (bicyclic) bond motifs is 1. The highest BCUT2D eigenvalue weighted by Gasteiger charge is 2.13. The maximum absolute atomic E-state index is 4.47. The Morgan fingerprint density at radius 2 is 2.31 bits per heavy atom. The number of hydrogen-bond donors (Lipinski definition) is 1. The molecule has 3 nitrogen and oxygen atoms in total. The molecule has 0 aliphatic carbocycles. The number of aryl methyl sites for hydroxylation is 1. The molecule has 0 radical (unpaired) electrons. The van der Waals surface area contributed by atoms with Gasteiger partial charge in [-0.1, -0.05) is 26.7 Å². The minimum atomic E-state index is 0.834. The number of nitrogens with one attached hydrogen (secondary N) is 1. The van der Waals surface area contributed by atoms with Gasteiger partial charge in [-0.15, -0.1) is 0 Å². The molecule has 1 aliphatic heterocycles. The van der Waals surface area contributed by atoms with E-state index in [0.717, 1.165) is 32.0 Å². The van der Waals surface area contributed by atoms with Crippen LogP contribution in [0, 0.1) is 5.92 Å². The van der Waals surface area contributed by atoms with Gasteiger partial charge in [0.25, 0.3) is 0 Å². The molecule has 0 amide bonds. The molecule has 90 valence electrons. The van der Waals surface area contributed by atoms with E-state index in [0.29, 0.717) is 0 Å². The van der Waals surface area contributed by atoms with E-state index in [9.17, 15) is 0 Å². The third kappa shape index (κ3) is 2.85. The first-order valence-corrected chi connectivity index (χ1v) is 6.51. The lowest BCUT2D eigenvalue weighted by atomic mass is 10.1. The van der Waals surface area contributed by atoms with Gasteiger partial charge < -0.3 is 9.88 Å². The Hall–Kier alpha value is -0.830. The van der Waals surface area contributed by atoms with Gasteiger partial charge in [0.1, 0.15) is 0 Å². The summed E-state index contributed by atoms with van der Waals surface area (Å²) in [5.74, 6) is 0.834. The van der Waals surface area contributed by atoms with Gasteiger partial charge in [0.05, 0.1) is 12.0 Å². The molecule has 1 aromatic rings. The highest BCUT2D eigenvalue weighted by Crippen LogP contribution is 2.14. The normalized spacial score (nSPS) is 15.4. The van der Waals surface area contributed by atoms with Crippen molar-refractivity contribution in [3.05, 3.63) is 17.7 Å². The lowest BCUT2D eigenvalue weighted by Crippen LogP contribution is -2.25. The Morgan fingerprint density at radius 1 is 1.44 bits per heavy atom. The third-order valence-electron chi connectivity index (χ3n) is 3.29. The molecular formula is C13H23N3. The molecular weight excluding hydrogens is 198 g/mol. The molecule has 1 N–H and O–H groups in total.